The second-order valence-electron chi connectivity index (χ2n) is 6.00. The molecule has 19 heavy (non-hydrogen) atoms. The lowest BCUT2D eigenvalue weighted by Gasteiger charge is -2.14. The molecule has 1 unspecified atom stereocenters. The van der Waals surface area contributed by atoms with E-state index >= 15 is 0 Å². The van der Waals surface area contributed by atoms with Crippen LogP contribution in [0.25, 0.3) is 0 Å². The van der Waals surface area contributed by atoms with E-state index in [2.05, 4.69) is 0 Å². The van der Waals surface area contributed by atoms with E-state index in [-0.39, 0.29) is 23.8 Å². The number of aliphatic carboxylic acids is 1. The van der Waals surface area contributed by atoms with Gasteiger partial charge in [0.2, 0.25) is 7.37 Å². The van der Waals surface area contributed by atoms with Crippen LogP contribution < -0.4 is 0 Å². The van der Waals surface area contributed by atoms with Crippen LogP contribution in [0.1, 0.15) is 46.0 Å². The standard InChI is InChI=1S/C14H25O4P/c1-11(2)9-19(17,18)10-13(14(15)16)8-7-12-5-3-4-6-12/h8,11-12H,3-7,9-10H2,1-2H3,(H,15,16)(H,17,18). The third-order valence-corrected chi connectivity index (χ3v) is 5.65. The Morgan fingerprint density at radius 3 is 2.42 bits per heavy atom. The van der Waals surface area contributed by atoms with E-state index in [9.17, 15) is 14.3 Å². The Labute approximate surface area is 115 Å². The van der Waals surface area contributed by atoms with Crippen LogP contribution in [0.15, 0.2) is 11.6 Å². The van der Waals surface area contributed by atoms with Gasteiger partial charge in [0, 0.05) is 11.7 Å². The van der Waals surface area contributed by atoms with Crippen molar-refractivity contribution in [1.82, 2.24) is 0 Å². The van der Waals surface area contributed by atoms with Gasteiger partial charge in [-0.1, -0.05) is 45.6 Å². The van der Waals surface area contributed by atoms with Crippen LogP contribution in [-0.2, 0) is 9.36 Å². The number of carbonyl (C=O) groups is 1. The van der Waals surface area contributed by atoms with Crippen molar-refractivity contribution in [3.8, 4) is 0 Å². The number of carboxylic acids is 1. The molecule has 0 bridgehead atoms. The topological polar surface area (TPSA) is 74.6 Å². The van der Waals surface area contributed by atoms with E-state index < -0.39 is 13.3 Å². The third-order valence-electron chi connectivity index (χ3n) is 3.51. The fourth-order valence-electron chi connectivity index (χ4n) is 2.68. The summed E-state index contributed by atoms with van der Waals surface area (Å²) in [5.74, 6) is -0.408. The van der Waals surface area contributed by atoms with Crippen molar-refractivity contribution < 1.29 is 19.4 Å². The van der Waals surface area contributed by atoms with Crippen LogP contribution >= 0.6 is 7.37 Å². The van der Waals surface area contributed by atoms with Gasteiger partial charge in [-0.25, -0.2) is 4.79 Å². The summed E-state index contributed by atoms with van der Waals surface area (Å²) in [7, 11) is -3.37. The Morgan fingerprint density at radius 2 is 1.95 bits per heavy atom. The zero-order valence-electron chi connectivity index (χ0n) is 11.8. The first-order chi connectivity index (χ1) is 8.80. The van der Waals surface area contributed by atoms with Gasteiger partial charge in [-0.15, -0.1) is 0 Å². The first-order valence-corrected chi connectivity index (χ1v) is 9.06. The van der Waals surface area contributed by atoms with Crippen LogP contribution in [0.4, 0.5) is 0 Å². The molecule has 110 valence electrons. The molecule has 0 amide bonds. The minimum Gasteiger partial charge on any atom is -0.478 e. The summed E-state index contributed by atoms with van der Waals surface area (Å²) in [6, 6.07) is 0. The molecule has 0 radical (unpaired) electrons. The predicted molar refractivity (Wildman–Crippen MR) is 76.7 cm³/mol. The number of rotatable bonds is 7. The van der Waals surface area contributed by atoms with E-state index in [0.717, 1.165) is 19.3 Å². The Kier molecular flexibility index (Phi) is 6.28. The van der Waals surface area contributed by atoms with Crippen LogP contribution in [0.5, 0.6) is 0 Å². The van der Waals surface area contributed by atoms with Crippen LogP contribution in [0, 0.1) is 11.8 Å². The van der Waals surface area contributed by atoms with Crippen LogP contribution in [-0.4, -0.2) is 28.3 Å². The molecule has 0 saturated heterocycles. The van der Waals surface area contributed by atoms with Crippen molar-refractivity contribution in [3.05, 3.63) is 11.6 Å². The maximum absolute atomic E-state index is 12.0. The van der Waals surface area contributed by atoms with E-state index in [4.69, 9.17) is 5.11 Å². The maximum atomic E-state index is 12.0. The molecular weight excluding hydrogens is 263 g/mol. The van der Waals surface area contributed by atoms with Gasteiger partial charge in [0.25, 0.3) is 0 Å². The first-order valence-electron chi connectivity index (χ1n) is 7.03. The van der Waals surface area contributed by atoms with Crippen molar-refractivity contribution in [2.24, 2.45) is 11.8 Å². The summed E-state index contributed by atoms with van der Waals surface area (Å²) in [5, 5.41) is 9.14. The average molecular weight is 288 g/mol. The van der Waals surface area contributed by atoms with Gasteiger partial charge >= 0.3 is 5.97 Å². The molecular formula is C14H25O4P. The van der Waals surface area contributed by atoms with Gasteiger partial charge < -0.3 is 10.00 Å². The monoisotopic (exact) mass is 288 g/mol. The van der Waals surface area contributed by atoms with Crippen LogP contribution in [0.3, 0.4) is 0 Å². The molecule has 1 saturated carbocycles. The highest BCUT2D eigenvalue weighted by Gasteiger charge is 2.25. The summed E-state index contributed by atoms with van der Waals surface area (Å²) in [6.07, 6.45) is 7.09. The summed E-state index contributed by atoms with van der Waals surface area (Å²) < 4.78 is 12.0. The largest absolute Gasteiger partial charge is 0.478 e. The quantitative estimate of drug-likeness (QED) is 0.555. The Morgan fingerprint density at radius 1 is 1.37 bits per heavy atom. The van der Waals surface area contributed by atoms with Gasteiger partial charge in [0.1, 0.15) is 0 Å². The average Bonchev–Trinajstić information content (AvgIpc) is 2.74. The second-order valence-corrected chi connectivity index (χ2v) is 8.38. The lowest BCUT2D eigenvalue weighted by atomic mass is 10.0. The fraction of sp³-hybridized carbons (Fsp3) is 0.786. The van der Waals surface area contributed by atoms with E-state index in [1.165, 1.54) is 12.8 Å². The van der Waals surface area contributed by atoms with Crippen LogP contribution in [0.2, 0.25) is 0 Å². The van der Waals surface area contributed by atoms with E-state index in [1.54, 1.807) is 6.08 Å². The summed E-state index contributed by atoms with van der Waals surface area (Å²) in [5.41, 5.74) is 0.110. The fourth-order valence-corrected chi connectivity index (χ4v) is 4.74. The van der Waals surface area contributed by atoms with Crippen molar-refractivity contribution in [2.75, 3.05) is 12.3 Å². The lowest BCUT2D eigenvalue weighted by molar-refractivity contribution is -0.132. The molecule has 5 heteroatoms. The number of carboxylic acid groups (broad SMARTS) is 1. The molecule has 1 rings (SSSR count). The zero-order chi connectivity index (χ0) is 14.5. The minimum atomic E-state index is -3.37. The zero-order valence-corrected chi connectivity index (χ0v) is 12.7. The highest BCUT2D eigenvalue weighted by atomic mass is 31.2. The minimum absolute atomic E-state index is 0.0979. The molecule has 1 fully saturated rings. The Balaban J connectivity index is 2.63. The van der Waals surface area contributed by atoms with Gasteiger partial charge in [0.15, 0.2) is 0 Å². The van der Waals surface area contributed by atoms with Crippen molar-refractivity contribution in [1.29, 1.82) is 0 Å². The van der Waals surface area contributed by atoms with E-state index in [0.29, 0.717) is 5.92 Å². The van der Waals surface area contributed by atoms with Gasteiger partial charge in [-0.05, 0) is 18.3 Å². The van der Waals surface area contributed by atoms with Gasteiger partial charge in [0.05, 0.1) is 6.16 Å². The first kappa shape index (κ1) is 16.5. The van der Waals surface area contributed by atoms with Crippen molar-refractivity contribution >= 4 is 13.3 Å². The predicted octanol–water partition coefficient (Wildman–Crippen LogP) is 3.50. The maximum Gasteiger partial charge on any atom is 0.331 e. The Bertz CT molecular complexity index is 381. The lowest BCUT2D eigenvalue weighted by Crippen LogP contribution is -2.10. The van der Waals surface area contributed by atoms with E-state index in [1.807, 2.05) is 13.8 Å². The highest BCUT2D eigenvalue weighted by molar-refractivity contribution is 7.58. The SMILES string of the molecule is CC(C)CP(=O)(O)CC(=CCC1CCCC1)C(=O)O. The molecule has 1 aliphatic rings. The number of allylic oxidation sites excluding steroid dienone is 1. The third kappa shape index (κ3) is 6.40. The molecule has 0 aromatic rings. The second kappa shape index (κ2) is 7.25. The molecule has 0 spiro atoms. The summed E-state index contributed by atoms with van der Waals surface area (Å²) >= 11 is 0. The highest BCUT2D eigenvalue weighted by Crippen LogP contribution is 2.44. The van der Waals surface area contributed by atoms with Gasteiger partial charge in [-0.2, -0.15) is 0 Å². The van der Waals surface area contributed by atoms with Crippen molar-refractivity contribution in [2.45, 2.75) is 46.0 Å². The molecule has 0 aromatic heterocycles. The molecule has 2 N–H and O–H groups in total. The summed E-state index contributed by atoms with van der Waals surface area (Å²) in [4.78, 5) is 21.0. The molecule has 1 aliphatic carbocycles. The molecule has 0 aliphatic heterocycles. The van der Waals surface area contributed by atoms with Crippen molar-refractivity contribution in [3.63, 3.8) is 0 Å². The molecule has 4 nitrogen and oxygen atoms in total. The number of hydrogen-bond acceptors (Lipinski definition) is 2. The molecule has 0 aromatic carbocycles. The number of hydrogen-bond donors (Lipinski definition) is 2. The molecule has 0 heterocycles. The normalized spacial score (nSPS) is 20.7. The Hall–Kier alpha value is -0.600. The molecule has 1 atom stereocenters. The summed E-state index contributed by atoms with van der Waals surface area (Å²) in [6.45, 7) is 3.73. The van der Waals surface area contributed by atoms with Gasteiger partial charge in [-0.3, -0.25) is 4.57 Å². The smallest absolute Gasteiger partial charge is 0.331 e.